The Morgan fingerprint density at radius 2 is 1.91 bits per heavy atom. The van der Waals surface area contributed by atoms with Gasteiger partial charge in [-0.15, -0.1) is 0 Å². The number of methoxy groups -OCH3 is 1. The van der Waals surface area contributed by atoms with E-state index in [1.165, 1.54) is 16.9 Å². The Labute approximate surface area is 203 Å². The number of morpholine rings is 1. The normalized spacial score (nSPS) is 19.1. The molecule has 0 radical (unpaired) electrons. The van der Waals surface area contributed by atoms with E-state index >= 15 is 0 Å². The number of carbonyl (C=O) groups excluding carboxylic acids is 2. The van der Waals surface area contributed by atoms with Gasteiger partial charge in [0, 0.05) is 23.9 Å². The first-order chi connectivity index (χ1) is 17.1. The maximum Gasteiger partial charge on any atom is 0.239 e. The van der Waals surface area contributed by atoms with Gasteiger partial charge in [0.25, 0.3) is 0 Å². The fourth-order valence-corrected chi connectivity index (χ4v) is 4.93. The third kappa shape index (κ3) is 4.42. The molecule has 1 saturated heterocycles. The number of para-hydroxylation sites is 1. The van der Waals surface area contributed by atoms with Gasteiger partial charge in [0.15, 0.2) is 17.1 Å². The molecule has 35 heavy (non-hydrogen) atoms. The summed E-state index contributed by atoms with van der Waals surface area (Å²) in [5, 5.41) is 13.9. The van der Waals surface area contributed by atoms with Crippen molar-refractivity contribution in [2.75, 3.05) is 46.5 Å². The second-order valence-corrected chi connectivity index (χ2v) is 8.84. The molecule has 8 heteroatoms. The molecule has 0 aliphatic carbocycles. The van der Waals surface area contributed by atoms with Crippen molar-refractivity contribution in [3.05, 3.63) is 77.3 Å². The van der Waals surface area contributed by atoms with Crippen molar-refractivity contribution in [1.82, 2.24) is 4.90 Å². The molecule has 0 spiro atoms. The Morgan fingerprint density at radius 3 is 2.66 bits per heavy atom. The van der Waals surface area contributed by atoms with Crippen LogP contribution in [0.4, 0.5) is 0 Å². The lowest BCUT2D eigenvalue weighted by Gasteiger charge is -2.29. The summed E-state index contributed by atoms with van der Waals surface area (Å²) in [7, 11) is 1.52. The topological polar surface area (TPSA) is 96.5 Å². The van der Waals surface area contributed by atoms with Gasteiger partial charge in [-0.1, -0.05) is 42.5 Å². The van der Waals surface area contributed by atoms with Crippen molar-refractivity contribution in [2.24, 2.45) is 0 Å². The smallest absolute Gasteiger partial charge is 0.239 e. The molecule has 1 amide bonds. The van der Waals surface area contributed by atoms with Crippen molar-refractivity contribution in [2.45, 2.75) is 12.5 Å². The highest BCUT2D eigenvalue weighted by atomic mass is 16.5. The molecule has 2 aliphatic heterocycles. The molecule has 182 valence electrons. The monoisotopic (exact) mass is 476 g/mol. The molecule has 1 fully saturated rings. The average Bonchev–Trinajstić information content (AvgIpc) is 3.44. The molecular formula is C27H28N2O6. The van der Waals surface area contributed by atoms with E-state index < -0.39 is 23.5 Å². The minimum absolute atomic E-state index is 0.0150. The van der Waals surface area contributed by atoms with Crippen LogP contribution in [0.2, 0.25) is 0 Å². The van der Waals surface area contributed by atoms with E-state index in [0.29, 0.717) is 23.3 Å². The molecule has 3 aromatic rings. The zero-order chi connectivity index (χ0) is 24.4. The summed E-state index contributed by atoms with van der Waals surface area (Å²) >= 11 is 0. The Kier molecular flexibility index (Phi) is 6.57. The number of benzene rings is 2. The van der Waals surface area contributed by atoms with Gasteiger partial charge < -0.3 is 28.8 Å². The lowest BCUT2D eigenvalue weighted by molar-refractivity contribution is -0.908. The Morgan fingerprint density at radius 1 is 1.14 bits per heavy atom. The van der Waals surface area contributed by atoms with Crippen LogP contribution in [-0.2, 0) is 9.53 Å². The number of hydrogen-bond donors (Lipinski definition) is 1. The SMILES string of the molecule is COc1cccc2cc(C(=O)C3=C([O-])C(=O)N(CCC[NH+]4CCOCC4)C3c3ccccc3)oc12. The molecule has 3 heterocycles. The number of amides is 1. The Bertz CT molecular complexity index is 1260. The highest BCUT2D eigenvalue weighted by molar-refractivity contribution is 6.15. The zero-order valence-electron chi connectivity index (χ0n) is 19.6. The summed E-state index contributed by atoms with van der Waals surface area (Å²) in [5.41, 5.74) is 1.08. The molecule has 0 saturated carbocycles. The van der Waals surface area contributed by atoms with Gasteiger partial charge >= 0.3 is 0 Å². The second kappa shape index (κ2) is 9.93. The number of nitrogens with one attached hydrogen (secondary N) is 1. The molecule has 1 N–H and O–H groups in total. The van der Waals surface area contributed by atoms with Gasteiger partial charge in [0.2, 0.25) is 11.7 Å². The first-order valence-electron chi connectivity index (χ1n) is 11.9. The molecule has 2 aromatic carbocycles. The van der Waals surface area contributed by atoms with Crippen LogP contribution in [0.5, 0.6) is 5.75 Å². The highest BCUT2D eigenvalue weighted by Gasteiger charge is 2.40. The maximum absolute atomic E-state index is 13.6. The summed E-state index contributed by atoms with van der Waals surface area (Å²) in [6, 6.07) is 15.4. The quantitative estimate of drug-likeness (QED) is 0.490. The van der Waals surface area contributed by atoms with Crippen molar-refractivity contribution < 1.29 is 33.5 Å². The molecule has 2 aliphatic rings. The third-order valence-electron chi connectivity index (χ3n) is 6.73. The van der Waals surface area contributed by atoms with E-state index in [9.17, 15) is 14.7 Å². The van der Waals surface area contributed by atoms with E-state index in [1.807, 2.05) is 30.3 Å². The van der Waals surface area contributed by atoms with Crippen molar-refractivity contribution in [1.29, 1.82) is 0 Å². The first kappa shape index (κ1) is 23.1. The van der Waals surface area contributed by atoms with Crippen LogP contribution < -0.4 is 14.7 Å². The van der Waals surface area contributed by atoms with Crippen LogP contribution in [0, 0.1) is 0 Å². The minimum Gasteiger partial charge on any atom is -0.868 e. The molecule has 5 rings (SSSR count). The number of nitrogens with zero attached hydrogens (tertiary/aromatic N) is 1. The lowest BCUT2D eigenvalue weighted by Crippen LogP contribution is -3.14. The van der Waals surface area contributed by atoms with E-state index in [0.717, 1.165) is 44.8 Å². The van der Waals surface area contributed by atoms with Crippen molar-refractivity contribution in [3.63, 3.8) is 0 Å². The number of ether oxygens (including phenoxy) is 2. The predicted molar refractivity (Wildman–Crippen MR) is 126 cm³/mol. The summed E-state index contributed by atoms with van der Waals surface area (Å²) in [5.74, 6) is -1.48. The van der Waals surface area contributed by atoms with Gasteiger partial charge in [0.05, 0.1) is 32.9 Å². The minimum atomic E-state index is -0.769. The molecule has 1 unspecified atom stereocenters. The van der Waals surface area contributed by atoms with E-state index in [-0.39, 0.29) is 11.3 Å². The van der Waals surface area contributed by atoms with Crippen LogP contribution in [0.1, 0.15) is 28.6 Å². The summed E-state index contributed by atoms with van der Waals surface area (Å²) in [6.45, 7) is 4.59. The number of rotatable bonds is 8. The second-order valence-electron chi connectivity index (χ2n) is 8.84. The fourth-order valence-electron chi connectivity index (χ4n) is 4.93. The van der Waals surface area contributed by atoms with Gasteiger partial charge in [-0.2, -0.15) is 0 Å². The number of carbonyl (C=O) groups is 2. The highest BCUT2D eigenvalue weighted by Crippen LogP contribution is 2.39. The summed E-state index contributed by atoms with van der Waals surface area (Å²) in [4.78, 5) is 29.7. The number of fused-ring (bicyclic) bond motifs is 1. The van der Waals surface area contributed by atoms with Gasteiger partial charge in [0.1, 0.15) is 13.1 Å². The first-order valence-corrected chi connectivity index (χ1v) is 11.9. The Hall–Kier alpha value is -3.62. The number of Topliss-reactive ketones (excluding diaryl/α,β-unsaturated/α-hetero) is 1. The lowest BCUT2D eigenvalue weighted by atomic mass is 9.95. The largest absolute Gasteiger partial charge is 0.868 e. The van der Waals surface area contributed by atoms with Crippen molar-refractivity contribution in [3.8, 4) is 5.75 Å². The Balaban J connectivity index is 1.45. The standard InChI is InChI=1S/C27H28N2O6/c1-33-20-10-5-9-19-17-21(35-26(19)20)24(30)22-23(18-7-3-2-4-8-18)29(27(32)25(22)31)12-6-11-28-13-15-34-16-14-28/h2-5,7-10,17,23,31H,6,11-16H2,1H3. The maximum atomic E-state index is 13.6. The average molecular weight is 477 g/mol. The van der Waals surface area contributed by atoms with Gasteiger partial charge in [-0.3, -0.25) is 9.59 Å². The van der Waals surface area contributed by atoms with Crippen LogP contribution >= 0.6 is 0 Å². The summed E-state index contributed by atoms with van der Waals surface area (Å²) in [6.07, 6.45) is 0.723. The molecule has 1 aromatic heterocycles. The molecule has 8 nitrogen and oxygen atoms in total. The van der Waals surface area contributed by atoms with Crippen LogP contribution in [-0.4, -0.2) is 63.1 Å². The third-order valence-corrected chi connectivity index (χ3v) is 6.73. The number of hydrogen-bond acceptors (Lipinski definition) is 6. The molecule has 0 bridgehead atoms. The van der Waals surface area contributed by atoms with E-state index in [2.05, 4.69) is 0 Å². The van der Waals surface area contributed by atoms with Crippen molar-refractivity contribution >= 4 is 22.7 Å². The van der Waals surface area contributed by atoms with Gasteiger partial charge in [-0.05, 0) is 23.5 Å². The van der Waals surface area contributed by atoms with Crippen LogP contribution in [0.3, 0.4) is 0 Å². The number of furan rings is 1. The fraction of sp³-hybridized carbons (Fsp3) is 0.333. The number of ketones is 1. The van der Waals surface area contributed by atoms with Crippen LogP contribution in [0.15, 0.2) is 70.3 Å². The summed E-state index contributed by atoms with van der Waals surface area (Å²) < 4.78 is 16.6. The predicted octanol–water partition coefficient (Wildman–Crippen LogP) is 1.13. The van der Waals surface area contributed by atoms with Gasteiger partial charge in [-0.25, -0.2) is 0 Å². The zero-order valence-corrected chi connectivity index (χ0v) is 19.6. The molecular weight excluding hydrogens is 448 g/mol. The number of quaternary nitrogens is 1. The molecule has 1 atom stereocenters. The van der Waals surface area contributed by atoms with E-state index in [1.54, 1.807) is 24.3 Å². The van der Waals surface area contributed by atoms with Crippen LogP contribution in [0.25, 0.3) is 11.0 Å². The van der Waals surface area contributed by atoms with E-state index in [4.69, 9.17) is 13.9 Å².